The molecule has 2 N–H and O–H groups in total. The van der Waals surface area contributed by atoms with Crippen molar-refractivity contribution in [1.29, 1.82) is 0 Å². The summed E-state index contributed by atoms with van der Waals surface area (Å²) in [6, 6.07) is 11.0. The highest BCUT2D eigenvalue weighted by Crippen LogP contribution is 2.17. The summed E-state index contributed by atoms with van der Waals surface area (Å²) >= 11 is 11.6. The Kier molecular flexibility index (Phi) is 3.67. The number of nitrogens with zero attached hydrogens (tertiary/aromatic N) is 1. The normalized spacial score (nSPS) is 11.5. The van der Waals surface area contributed by atoms with Gasteiger partial charge in [-0.25, -0.2) is 4.98 Å². The molecule has 0 radical (unpaired) electrons. The number of hydrogen-bond acceptors (Lipinski definition) is 2. The van der Waals surface area contributed by atoms with E-state index in [0.29, 0.717) is 15.9 Å². The van der Waals surface area contributed by atoms with Gasteiger partial charge in [0, 0.05) is 22.5 Å². The summed E-state index contributed by atoms with van der Waals surface area (Å²) in [5.74, 6) is 0. The van der Waals surface area contributed by atoms with Crippen molar-refractivity contribution in [2.75, 3.05) is 0 Å². The average Bonchev–Trinajstić information content (AvgIpc) is 2.29. The van der Waals surface area contributed by atoms with E-state index in [1.807, 2.05) is 36.4 Å². The summed E-state index contributed by atoms with van der Waals surface area (Å²) in [4.78, 5) is 3.98. The van der Waals surface area contributed by atoms with Crippen molar-refractivity contribution in [1.82, 2.24) is 4.98 Å². The number of aromatic nitrogens is 1. The zero-order valence-corrected chi connectivity index (χ0v) is 10.4. The van der Waals surface area contributed by atoms with Gasteiger partial charge < -0.3 is 5.73 Å². The first-order valence-electron chi connectivity index (χ1n) is 5.00. The van der Waals surface area contributed by atoms with Crippen LogP contribution in [-0.4, -0.2) is 4.98 Å². The largest absolute Gasteiger partial charge is 0.398 e. The van der Waals surface area contributed by atoms with Crippen LogP contribution < -0.4 is 5.73 Å². The minimum atomic E-state index is 0.448. The lowest BCUT2D eigenvalue weighted by Crippen LogP contribution is -1.96. The molecule has 0 aliphatic rings. The highest BCUT2D eigenvalue weighted by molar-refractivity contribution is 6.30. The van der Waals surface area contributed by atoms with Gasteiger partial charge >= 0.3 is 0 Å². The predicted octanol–water partition coefficient (Wildman–Crippen LogP) is 3.85. The van der Waals surface area contributed by atoms with E-state index >= 15 is 0 Å². The van der Waals surface area contributed by atoms with Crippen molar-refractivity contribution in [2.45, 2.75) is 0 Å². The Hall–Kier alpha value is -1.51. The van der Waals surface area contributed by atoms with E-state index in [2.05, 4.69) is 4.98 Å². The Balaban J connectivity index is 2.30. The Labute approximate surface area is 110 Å². The highest BCUT2D eigenvalue weighted by Gasteiger charge is 1.98. The second-order valence-corrected chi connectivity index (χ2v) is 4.35. The lowest BCUT2D eigenvalue weighted by Gasteiger charge is -2.02. The summed E-state index contributed by atoms with van der Waals surface area (Å²) in [6.07, 6.45) is 3.48. The molecule has 86 valence electrons. The minimum absolute atomic E-state index is 0.448. The van der Waals surface area contributed by atoms with Crippen molar-refractivity contribution in [3.8, 4) is 0 Å². The first kappa shape index (κ1) is 12.0. The van der Waals surface area contributed by atoms with Gasteiger partial charge in [0.2, 0.25) is 0 Å². The topological polar surface area (TPSA) is 38.9 Å². The van der Waals surface area contributed by atoms with Crippen LogP contribution in [0.15, 0.2) is 42.6 Å². The van der Waals surface area contributed by atoms with E-state index in [4.69, 9.17) is 28.9 Å². The molecule has 2 nitrogen and oxygen atoms in total. The Bertz CT molecular complexity index is 548. The van der Waals surface area contributed by atoms with Crippen LogP contribution in [0, 0.1) is 0 Å². The second kappa shape index (κ2) is 5.21. The highest BCUT2D eigenvalue weighted by atomic mass is 35.5. The molecule has 0 spiro atoms. The van der Waals surface area contributed by atoms with Gasteiger partial charge in [0.05, 0.1) is 0 Å². The maximum absolute atomic E-state index is 5.96. The third-order valence-electron chi connectivity index (χ3n) is 2.23. The number of pyridine rings is 1. The summed E-state index contributed by atoms with van der Waals surface area (Å²) in [7, 11) is 0. The molecule has 1 aromatic carbocycles. The van der Waals surface area contributed by atoms with Gasteiger partial charge in [0.1, 0.15) is 5.15 Å². The van der Waals surface area contributed by atoms with Gasteiger partial charge in [0.15, 0.2) is 0 Å². The SMILES string of the molecule is N/C(=C\c1cccc(Cl)c1)c1ccc(Cl)nc1. The van der Waals surface area contributed by atoms with Crippen molar-refractivity contribution >= 4 is 35.0 Å². The molecule has 0 unspecified atom stereocenters. The Morgan fingerprint density at radius 1 is 1.18 bits per heavy atom. The van der Waals surface area contributed by atoms with E-state index in [0.717, 1.165) is 11.1 Å². The van der Waals surface area contributed by atoms with E-state index in [1.165, 1.54) is 0 Å². The minimum Gasteiger partial charge on any atom is -0.398 e. The number of halogens is 2. The number of benzene rings is 1. The lowest BCUT2D eigenvalue weighted by molar-refractivity contribution is 1.30. The smallest absolute Gasteiger partial charge is 0.129 e. The van der Waals surface area contributed by atoms with E-state index < -0.39 is 0 Å². The van der Waals surface area contributed by atoms with Crippen LogP contribution >= 0.6 is 23.2 Å². The Morgan fingerprint density at radius 3 is 2.65 bits per heavy atom. The maximum atomic E-state index is 5.96. The molecule has 1 aromatic heterocycles. The summed E-state index contributed by atoms with van der Waals surface area (Å²) in [6.45, 7) is 0. The molecule has 0 saturated carbocycles. The van der Waals surface area contributed by atoms with Gasteiger partial charge in [-0.1, -0.05) is 35.3 Å². The summed E-state index contributed by atoms with van der Waals surface area (Å²) in [5.41, 5.74) is 8.36. The molecule has 0 bridgehead atoms. The zero-order valence-electron chi connectivity index (χ0n) is 8.90. The molecular formula is C13H10Cl2N2. The fraction of sp³-hybridized carbons (Fsp3) is 0. The average molecular weight is 265 g/mol. The number of hydrogen-bond donors (Lipinski definition) is 1. The second-order valence-electron chi connectivity index (χ2n) is 3.52. The lowest BCUT2D eigenvalue weighted by atomic mass is 10.1. The van der Waals surface area contributed by atoms with Crippen LogP contribution in [-0.2, 0) is 0 Å². The molecule has 1 heterocycles. The fourth-order valence-corrected chi connectivity index (χ4v) is 1.72. The van der Waals surface area contributed by atoms with Crippen LogP contribution in [0.25, 0.3) is 11.8 Å². The quantitative estimate of drug-likeness (QED) is 0.838. The van der Waals surface area contributed by atoms with Crippen molar-refractivity contribution in [2.24, 2.45) is 5.73 Å². The van der Waals surface area contributed by atoms with Crippen molar-refractivity contribution in [3.63, 3.8) is 0 Å². The third-order valence-corrected chi connectivity index (χ3v) is 2.69. The number of rotatable bonds is 2. The van der Waals surface area contributed by atoms with Gasteiger partial charge in [0.25, 0.3) is 0 Å². The van der Waals surface area contributed by atoms with Crippen molar-refractivity contribution < 1.29 is 0 Å². The van der Waals surface area contributed by atoms with E-state index in [9.17, 15) is 0 Å². The molecule has 0 saturated heterocycles. The maximum Gasteiger partial charge on any atom is 0.129 e. The molecule has 0 fully saturated rings. The number of nitrogens with two attached hydrogens (primary N) is 1. The monoisotopic (exact) mass is 264 g/mol. The van der Waals surface area contributed by atoms with Crippen molar-refractivity contribution in [3.05, 3.63) is 63.9 Å². The zero-order chi connectivity index (χ0) is 12.3. The molecule has 0 aliphatic carbocycles. The van der Waals surface area contributed by atoms with Crippen LogP contribution in [0.1, 0.15) is 11.1 Å². The Morgan fingerprint density at radius 2 is 2.00 bits per heavy atom. The summed E-state index contributed by atoms with van der Waals surface area (Å²) < 4.78 is 0. The standard InChI is InChI=1S/C13H10Cl2N2/c14-11-3-1-2-9(6-11)7-12(16)10-4-5-13(15)17-8-10/h1-8H,16H2/b12-7-. The summed E-state index contributed by atoms with van der Waals surface area (Å²) in [5, 5.41) is 1.13. The molecule has 0 aliphatic heterocycles. The molecule has 2 rings (SSSR count). The van der Waals surface area contributed by atoms with Gasteiger partial charge in [-0.15, -0.1) is 0 Å². The van der Waals surface area contributed by atoms with E-state index in [-0.39, 0.29) is 0 Å². The van der Waals surface area contributed by atoms with Gasteiger partial charge in [-0.2, -0.15) is 0 Å². The van der Waals surface area contributed by atoms with E-state index in [1.54, 1.807) is 12.3 Å². The van der Waals surface area contributed by atoms with Crippen LogP contribution in [0.2, 0.25) is 10.2 Å². The molecule has 17 heavy (non-hydrogen) atoms. The first-order chi connectivity index (χ1) is 8.15. The van der Waals surface area contributed by atoms with Gasteiger partial charge in [-0.3, -0.25) is 0 Å². The fourth-order valence-electron chi connectivity index (χ4n) is 1.41. The van der Waals surface area contributed by atoms with Crippen LogP contribution in [0.3, 0.4) is 0 Å². The van der Waals surface area contributed by atoms with Crippen LogP contribution in [0.4, 0.5) is 0 Å². The predicted molar refractivity (Wildman–Crippen MR) is 72.8 cm³/mol. The molecule has 4 heteroatoms. The molecular weight excluding hydrogens is 255 g/mol. The molecule has 0 amide bonds. The van der Waals surface area contributed by atoms with Crippen LogP contribution in [0.5, 0.6) is 0 Å². The third kappa shape index (κ3) is 3.22. The molecule has 2 aromatic rings. The first-order valence-corrected chi connectivity index (χ1v) is 5.75. The van der Waals surface area contributed by atoms with Gasteiger partial charge in [-0.05, 0) is 35.9 Å². The molecule has 0 atom stereocenters.